The second-order valence-electron chi connectivity index (χ2n) is 4.27. The maximum absolute atomic E-state index is 13.8. The summed E-state index contributed by atoms with van der Waals surface area (Å²) in [5, 5.41) is 4.06. The Balaban J connectivity index is 2.55. The van der Waals surface area contributed by atoms with Crippen molar-refractivity contribution < 1.29 is 22.4 Å². The van der Waals surface area contributed by atoms with Gasteiger partial charge < -0.3 is 10.6 Å². The maximum atomic E-state index is 13.8. The van der Waals surface area contributed by atoms with Crippen molar-refractivity contribution in [2.45, 2.75) is 6.18 Å². The van der Waals surface area contributed by atoms with Gasteiger partial charge in [-0.3, -0.25) is 4.79 Å². The molecule has 10 heteroatoms. The molecule has 0 atom stereocenters. The van der Waals surface area contributed by atoms with E-state index in [4.69, 9.17) is 11.6 Å². The molecule has 0 spiro atoms. The number of hydrogen-bond acceptors (Lipinski definition) is 4. The van der Waals surface area contributed by atoms with Crippen LogP contribution in [-0.2, 0) is 6.18 Å². The average molecular weight is 349 g/mol. The van der Waals surface area contributed by atoms with Crippen molar-refractivity contribution in [2.24, 2.45) is 0 Å². The number of aromatic nitrogens is 2. The van der Waals surface area contributed by atoms with Crippen molar-refractivity contribution in [2.75, 3.05) is 12.4 Å². The molecule has 2 N–H and O–H groups in total. The predicted octanol–water partition coefficient (Wildman–Crippen LogP) is 3.39. The van der Waals surface area contributed by atoms with Crippen molar-refractivity contribution in [3.8, 4) is 0 Å². The zero-order valence-electron chi connectivity index (χ0n) is 11.5. The third-order valence-electron chi connectivity index (χ3n) is 2.79. The minimum absolute atomic E-state index is 0.190. The van der Waals surface area contributed by atoms with Crippen LogP contribution >= 0.6 is 11.6 Å². The molecule has 0 aliphatic heterocycles. The Kier molecular flexibility index (Phi) is 4.69. The summed E-state index contributed by atoms with van der Waals surface area (Å²) in [4.78, 5) is 18.5. The summed E-state index contributed by atoms with van der Waals surface area (Å²) >= 11 is 5.51. The van der Waals surface area contributed by atoms with Gasteiger partial charge in [0.2, 0.25) is 5.28 Å². The number of nitrogens with zero attached hydrogens (tertiary/aromatic N) is 2. The number of halogens is 5. The molecule has 2 rings (SSSR count). The first-order valence-corrected chi connectivity index (χ1v) is 6.49. The van der Waals surface area contributed by atoms with Crippen LogP contribution in [0, 0.1) is 5.82 Å². The van der Waals surface area contributed by atoms with Crippen molar-refractivity contribution in [1.82, 2.24) is 15.3 Å². The van der Waals surface area contributed by atoms with E-state index in [9.17, 15) is 22.4 Å². The monoisotopic (exact) mass is 348 g/mol. The van der Waals surface area contributed by atoms with Crippen LogP contribution in [0.4, 0.5) is 29.1 Å². The van der Waals surface area contributed by atoms with Crippen molar-refractivity contribution in [3.05, 3.63) is 46.6 Å². The fourth-order valence-corrected chi connectivity index (χ4v) is 1.91. The molecule has 2 aromatic rings. The highest BCUT2D eigenvalue weighted by molar-refractivity contribution is 6.28. The topological polar surface area (TPSA) is 66.9 Å². The van der Waals surface area contributed by atoms with Crippen LogP contribution in [0.15, 0.2) is 24.4 Å². The molecule has 0 bridgehead atoms. The molecule has 0 radical (unpaired) electrons. The Labute approximate surface area is 132 Å². The molecule has 1 aromatic heterocycles. The Morgan fingerprint density at radius 3 is 2.61 bits per heavy atom. The smallest absolute Gasteiger partial charge is 0.355 e. The number of amides is 1. The summed E-state index contributed by atoms with van der Waals surface area (Å²) in [5.74, 6) is -2.39. The number of benzene rings is 1. The summed E-state index contributed by atoms with van der Waals surface area (Å²) in [6.45, 7) is 0. The number of rotatable bonds is 3. The van der Waals surface area contributed by atoms with Crippen molar-refractivity contribution in [1.29, 1.82) is 0 Å². The third kappa shape index (κ3) is 3.67. The maximum Gasteiger partial charge on any atom is 0.421 e. The van der Waals surface area contributed by atoms with E-state index in [0.717, 1.165) is 6.07 Å². The van der Waals surface area contributed by atoms with Gasteiger partial charge in [-0.05, 0) is 23.7 Å². The molecule has 5 nitrogen and oxygen atoms in total. The molecule has 122 valence electrons. The van der Waals surface area contributed by atoms with Crippen LogP contribution < -0.4 is 10.6 Å². The minimum atomic E-state index is -4.76. The molecule has 0 fully saturated rings. The van der Waals surface area contributed by atoms with Gasteiger partial charge in [-0.25, -0.2) is 9.37 Å². The number of carbonyl (C=O) groups excluding carboxylic acids is 1. The van der Waals surface area contributed by atoms with Gasteiger partial charge in [-0.2, -0.15) is 18.2 Å². The van der Waals surface area contributed by atoms with Gasteiger partial charge in [-0.1, -0.05) is 6.07 Å². The van der Waals surface area contributed by atoms with Gasteiger partial charge in [0.25, 0.3) is 5.91 Å². The van der Waals surface area contributed by atoms with Gasteiger partial charge in [-0.15, -0.1) is 0 Å². The first-order valence-electron chi connectivity index (χ1n) is 6.11. The Hall–Kier alpha value is -2.42. The zero-order valence-corrected chi connectivity index (χ0v) is 12.3. The highest BCUT2D eigenvalue weighted by Gasteiger charge is 2.35. The highest BCUT2D eigenvalue weighted by Crippen LogP contribution is 2.35. The van der Waals surface area contributed by atoms with E-state index in [1.54, 1.807) is 0 Å². The lowest BCUT2D eigenvalue weighted by Crippen LogP contribution is -2.21. The molecule has 0 unspecified atom stereocenters. The van der Waals surface area contributed by atoms with Crippen LogP contribution in [0.3, 0.4) is 0 Å². The summed E-state index contributed by atoms with van der Waals surface area (Å²) in [5.41, 5.74) is -1.84. The lowest BCUT2D eigenvalue weighted by Gasteiger charge is -2.15. The zero-order chi connectivity index (χ0) is 17.2. The molecule has 23 heavy (non-hydrogen) atoms. The van der Waals surface area contributed by atoms with Crippen LogP contribution in [0.1, 0.15) is 15.9 Å². The SMILES string of the molecule is CNC(=O)c1c(F)cccc1Nc1nc(Cl)ncc1C(F)(F)F. The van der Waals surface area contributed by atoms with Crippen LogP contribution in [0.5, 0.6) is 0 Å². The summed E-state index contributed by atoms with van der Waals surface area (Å²) < 4.78 is 52.7. The summed E-state index contributed by atoms with van der Waals surface area (Å²) in [6, 6.07) is 3.48. The predicted molar refractivity (Wildman–Crippen MR) is 75.1 cm³/mol. The number of nitrogens with one attached hydrogen (secondary N) is 2. The molecular formula is C13H9ClF4N4O. The van der Waals surface area contributed by atoms with Gasteiger partial charge in [0, 0.05) is 13.2 Å². The van der Waals surface area contributed by atoms with E-state index >= 15 is 0 Å². The van der Waals surface area contributed by atoms with E-state index in [1.165, 1.54) is 19.2 Å². The minimum Gasteiger partial charge on any atom is -0.355 e. The second-order valence-corrected chi connectivity index (χ2v) is 4.60. The van der Waals surface area contributed by atoms with E-state index in [0.29, 0.717) is 6.20 Å². The first kappa shape index (κ1) is 16.9. The summed E-state index contributed by atoms with van der Waals surface area (Å²) in [7, 11) is 1.27. The quantitative estimate of drug-likeness (QED) is 0.659. The highest BCUT2D eigenvalue weighted by atomic mass is 35.5. The number of alkyl halides is 3. The van der Waals surface area contributed by atoms with E-state index in [1.807, 2.05) is 0 Å². The number of carbonyl (C=O) groups is 1. The molecule has 1 aromatic carbocycles. The Morgan fingerprint density at radius 1 is 1.30 bits per heavy atom. The molecule has 0 saturated heterocycles. The van der Waals surface area contributed by atoms with Crippen molar-refractivity contribution >= 4 is 29.0 Å². The van der Waals surface area contributed by atoms with Crippen LogP contribution in [-0.4, -0.2) is 22.9 Å². The Bertz CT molecular complexity index is 751. The van der Waals surface area contributed by atoms with E-state index in [2.05, 4.69) is 20.6 Å². The fraction of sp³-hybridized carbons (Fsp3) is 0.154. The van der Waals surface area contributed by atoms with Gasteiger partial charge >= 0.3 is 6.18 Å². The fourth-order valence-electron chi connectivity index (χ4n) is 1.77. The van der Waals surface area contributed by atoms with Gasteiger partial charge in [0.15, 0.2) is 0 Å². The largest absolute Gasteiger partial charge is 0.421 e. The van der Waals surface area contributed by atoms with Crippen LogP contribution in [0.25, 0.3) is 0 Å². The molecule has 1 heterocycles. The second kappa shape index (κ2) is 6.37. The number of anilines is 2. The summed E-state index contributed by atoms with van der Waals surface area (Å²) in [6.07, 6.45) is -4.26. The van der Waals surface area contributed by atoms with Gasteiger partial charge in [0.1, 0.15) is 17.2 Å². The van der Waals surface area contributed by atoms with Gasteiger partial charge in [0.05, 0.1) is 11.3 Å². The van der Waals surface area contributed by atoms with Crippen LogP contribution in [0.2, 0.25) is 5.28 Å². The Morgan fingerprint density at radius 2 is 2.00 bits per heavy atom. The molecule has 0 aliphatic rings. The molecule has 0 saturated carbocycles. The van der Waals surface area contributed by atoms with E-state index < -0.39 is 40.1 Å². The molecule has 1 amide bonds. The lowest BCUT2D eigenvalue weighted by atomic mass is 10.1. The van der Waals surface area contributed by atoms with E-state index in [-0.39, 0.29) is 5.69 Å². The normalized spacial score (nSPS) is 11.2. The number of hydrogen-bond donors (Lipinski definition) is 2. The standard InChI is InChI=1S/C13H9ClF4N4O/c1-19-11(23)9-7(15)3-2-4-8(9)21-10-6(13(16,17)18)5-20-12(14)22-10/h2-5H,1H3,(H,19,23)(H,20,21,22). The molecular weight excluding hydrogens is 340 g/mol. The first-order chi connectivity index (χ1) is 10.7. The average Bonchev–Trinajstić information content (AvgIpc) is 2.45. The molecule has 0 aliphatic carbocycles. The van der Waals surface area contributed by atoms with Crippen molar-refractivity contribution in [3.63, 3.8) is 0 Å². The third-order valence-corrected chi connectivity index (χ3v) is 2.97. The lowest BCUT2D eigenvalue weighted by molar-refractivity contribution is -0.137.